The molecule has 4 rings (SSSR count). The van der Waals surface area contributed by atoms with Crippen LogP contribution in [0.5, 0.6) is 11.5 Å². The van der Waals surface area contributed by atoms with Gasteiger partial charge in [-0.25, -0.2) is 4.79 Å². The minimum atomic E-state index is -1.33. The highest BCUT2D eigenvalue weighted by Crippen LogP contribution is 2.39. The molecule has 0 bridgehead atoms. The van der Waals surface area contributed by atoms with Crippen molar-refractivity contribution in [2.45, 2.75) is 19.8 Å². The number of imide groups is 2. The Hall–Kier alpha value is -3.55. The molecule has 0 radical (unpaired) electrons. The third kappa shape index (κ3) is 3.55. The first-order chi connectivity index (χ1) is 15.3. The van der Waals surface area contributed by atoms with E-state index in [1.807, 2.05) is 49.2 Å². The summed E-state index contributed by atoms with van der Waals surface area (Å²) in [7, 11) is 4.98. The Bertz CT molecular complexity index is 1100. The number of hydrogen-bond donors (Lipinski definition) is 1. The molecule has 2 heterocycles. The number of amides is 4. The largest absolute Gasteiger partial charge is 0.493 e. The number of benzene rings is 2. The summed E-state index contributed by atoms with van der Waals surface area (Å²) in [6.07, 6.45) is 0.689. The predicted octanol–water partition coefficient (Wildman–Crippen LogP) is 2.31. The van der Waals surface area contributed by atoms with Crippen LogP contribution >= 0.6 is 0 Å². The minimum absolute atomic E-state index is 0.152. The van der Waals surface area contributed by atoms with Crippen molar-refractivity contribution in [3.05, 3.63) is 53.1 Å². The van der Waals surface area contributed by atoms with Crippen LogP contribution in [0.3, 0.4) is 0 Å². The summed E-state index contributed by atoms with van der Waals surface area (Å²) in [5, 5.41) is 2.42. The lowest BCUT2D eigenvalue weighted by molar-refractivity contribution is -0.151. The average molecular weight is 437 g/mol. The van der Waals surface area contributed by atoms with Gasteiger partial charge in [0.15, 0.2) is 11.5 Å². The van der Waals surface area contributed by atoms with E-state index in [4.69, 9.17) is 9.47 Å². The molecule has 1 saturated heterocycles. The molecule has 2 aliphatic heterocycles. The normalized spacial score (nSPS) is 20.3. The van der Waals surface area contributed by atoms with Gasteiger partial charge in [-0.2, -0.15) is 0 Å². The van der Waals surface area contributed by atoms with Gasteiger partial charge in [0.25, 0.3) is 0 Å². The van der Waals surface area contributed by atoms with Gasteiger partial charge in [0.05, 0.1) is 14.2 Å². The van der Waals surface area contributed by atoms with Gasteiger partial charge < -0.3 is 14.4 Å². The molecule has 1 atom stereocenters. The van der Waals surface area contributed by atoms with E-state index in [0.717, 1.165) is 27.3 Å². The maximum Gasteiger partial charge on any atom is 0.330 e. The van der Waals surface area contributed by atoms with Crippen molar-refractivity contribution in [3.8, 4) is 11.5 Å². The van der Waals surface area contributed by atoms with E-state index < -0.39 is 23.3 Å². The van der Waals surface area contributed by atoms with E-state index in [9.17, 15) is 14.4 Å². The van der Waals surface area contributed by atoms with Gasteiger partial charge in [-0.1, -0.05) is 23.8 Å². The molecule has 0 aliphatic carbocycles. The zero-order chi connectivity index (χ0) is 23.0. The molecule has 1 N–H and O–H groups in total. The highest BCUT2D eigenvalue weighted by molar-refractivity contribution is 6.20. The molecule has 1 fully saturated rings. The van der Waals surface area contributed by atoms with Crippen molar-refractivity contribution in [3.63, 3.8) is 0 Å². The van der Waals surface area contributed by atoms with E-state index in [2.05, 4.69) is 5.32 Å². The number of fused-ring (bicyclic) bond motifs is 1. The Morgan fingerprint density at radius 2 is 1.78 bits per heavy atom. The highest BCUT2D eigenvalue weighted by atomic mass is 16.5. The minimum Gasteiger partial charge on any atom is -0.493 e. The second kappa shape index (κ2) is 8.18. The Balaban J connectivity index is 1.59. The van der Waals surface area contributed by atoms with Crippen LogP contribution in [0.2, 0.25) is 0 Å². The second-order valence-electron chi connectivity index (χ2n) is 8.40. The Labute approximate surface area is 187 Å². The standard InChI is InChI=1S/C24H27N3O5/c1-15-5-7-18-17(11-15)13-24(14-26(18)2)21(28)25-23(30)27(22(24)29)10-9-16-6-8-19(31-3)20(12-16)32-4/h5-8,11-12H,9-10,13-14H2,1-4H3,(H,25,28,30)/t24-/m1/s1. The van der Waals surface area contributed by atoms with Gasteiger partial charge in [0, 0.05) is 25.8 Å². The number of urea groups is 1. The van der Waals surface area contributed by atoms with Crippen molar-refractivity contribution in [1.82, 2.24) is 10.2 Å². The van der Waals surface area contributed by atoms with Crippen LogP contribution in [0.15, 0.2) is 36.4 Å². The molecule has 32 heavy (non-hydrogen) atoms. The molecule has 2 aliphatic rings. The van der Waals surface area contributed by atoms with Crippen molar-refractivity contribution < 1.29 is 23.9 Å². The Kier molecular flexibility index (Phi) is 5.54. The fraction of sp³-hybridized carbons (Fsp3) is 0.375. The van der Waals surface area contributed by atoms with Crippen LogP contribution < -0.4 is 19.7 Å². The molecule has 4 amide bonds. The maximum absolute atomic E-state index is 13.6. The van der Waals surface area contributed by atoms with E-state index in [0.29, 0.717) is 17.9 Å². The van der Waals surface area contributed by atoms with E-state index in [-0.39, 0.29) is 19.5 Å². The first-order valence-corrected chi connectivity index (χ1v) is 10.5. The van der Waals surface area contributed by atoms with E-state index in [1.165, 1.54) is 0 Å². The molecule has 1 spiro atoms. The number of hydrogen-bond acceptors (Lipinski definition) is 6. The average Bonchev–Trinajstić information content (AvgIpc) is 2.77. The van der Waals surface area contributed by atoms with Gasteiger partial charge in [0.2, 0.25) is 11.8 Å². The molecule has 2 aromatic carbocycles. The summed E-state index contributed by atoms with van der Waals surface area (Å²) in [6.45, 7) is 2.34. The van der Waals surface area contributed by atoms with Crippen LogP contribution in [-0.4, -0.2) is 57.1 Å². The van der Waals surface area contributed by atoms with Crippen molar-refractivity contribution in [2.24, 2.45) is 5.41 Å². The summed E-state index contributed by atoms with van der Waals surface area (Å²) in [6, 6.07) is 10.8. The Morgan fingerprint density at radius 1 is 1.03 bits per heavy atom. The van der Waals surface area contributed by atoms with Gasteiger partial charge in [0.1, 0.15) is 5.41 Å². The van der Waals surface area contributed by atoms with Gasteiger partial charge in [-0.15, -0.1) is 0 Å². The summed E-state index contributed by atoms with van der Waals surface area (Å²) >= 11 is 0. The smallest absolute Gasteiger partial charge is 0.330 e. The van der Waals surface area contributed by atoms with Crippen LogP contribution in [0.1, 0.15) is 16.7 Å². The lowest BCUT2D eigenvalue weighted by atomic mass is 9.74. The number of ether oxygens (including phenoxy) is 2. The van der Waals surface area contributed by atoms with Crippen LogP contribution in [0, 0.1) is 12.3 Å². The maximum atomic E-state index is 13.6. The number of carbonyl (C=O) groups is 3. The summed E-state index contributed by atoms with van der Waals surface area (Å²) in [5.41, 5.74) is 2.53. The SMILES string of the molecule is COc1ccc(CCN2C(=O)NC(=O)[C@]3(Cc4cc(C)ccc4N(C)C3)C2=O)cc1OC. The van der Waals surface area contributed by atoms with Gasteiger partial charge >= 0.3 is 6.03 Å². The number of anilines is 1. The Morgan fingerprint density at radius 3 is 2.50 bits per heavy atom. The molecular weight excluding hydrogens is 410 g/mol. The fourth-order valence-corrected chi connectivity index (χ4v) is 4.61. The molecule has 8 nitrogen and oxygen atoms in total. The molecular formula is C24H27N3O5. The first-order valence-electron chi connectivity index (χ1n) is 10.5. The predicted molar refractivity (Wildman–Crippen MR) is 119 cm³/mol. The van der Waals surface area contributed by atoms with Crippen LogP contribution in [0.4, 0.5) is 10.5 Å². The van der Waals surface area contributed by atoms with Gasteiger partial charge in [-0.3, -0.25) is 19.8 Å². The monoisotopic (exact) mass is 437 g/mol. The molecule has 2 aromatic rings. The lowest BCUT2D eigenvalue weighted by Crippen LogP contribution is -2.68. The highest BCUT2D eigenvalue weighted by Gasteiger charge is 2.56. The van der Waals surface area contributed by atoms with E-state index in [1.54, 1.807) is 20.3 Å². The number of nitrogens with one attached hydrogen (secondary N) is 1. The lowest BCUT2D eigenvalue weighted by Gasteiger charge is -2.45. The summed E-state index contributed by atoms with van der Waals surface area (Å²) in [4.78, 5) is 42.2. The van der Waals surface area contributed by atoms with Crippen LogP contribution in [0.25, 0.3) is 0 Å². The van der Waals surface area contributed by atoms with Crippen molar-refractivity contribution >= 4 is 23.5 Å². The van der Waals surface area contributed by atoms with Crippen LogP contribution in [-0.2, 0) is 22.4 Å². The van der Waals surface area contributed by atoms with Gasteiger partial charge in [-0.05, 0) is 49.1 Å². The molecule has 168 valence electrons. The number of nitrogens with zero attached hydrogens (tertiary/aromatic N) is 2. The van der Waals surface area contributed by atoms with Crippen molar-refractivity contribution in [1.29, 1.82) is 0 Å². The third-order valence-corrected chi connectivity index (χ3v) is 6.27. The zero-order valence-electron chi connectivity index (χ0n) is 18.7. The topological polar surface area (TPSA) is 88.2 Å². The molecule has 0 unspecified atom stereocenters. The number of rotatable bonds is 5. The van der Waals surface area contributed by atoms with E-state index >= 15 is 0 Å². The first kappa shape index (κ1) is 21.7. The third-order valence-electron chi connectivity index (χ3n) is 6.27. The number of methoxy groups -OCH3 is 2. The fourth-order valence-electron chi connectivity index (χ4n) is 4.61. The zero-order valence-corrected chi connectivity index (χ0v) is 18.7. The second-order valence-corrected chi connectivity index (χ2v) is 8.40. The quantitative estimate of drug-likeness (QED) is 0.723. The molecule has 0 aromatic heterocycles. The molecule has 8 heteroatoms. The summed E-state index contributed by atoms with van der Waals surface area (Å²) in [5.74, 6) is 0.193. The number of aryl methyl sites for hydroxylation is 1. The summed E-state index contributed by atoms with van der Waals surface area (Å²) < 4.78 is 10.6. The molecule has 0 saturated carbocycles. The number of barbiturate groups is 1. The number of carbonyl (C=O) groups excluding carboxylic acids is 3. The van der Waals surface area contributed by atoms with Crippen molar-refractivity contribution in [2.75, 3.05) is 39.3 Å².